The predicted molar refractivity (Wildman–Crippen MR) is 98.7 cm³/mol. The molecule has 0 unspecified atom stereocenters. The van der Waals surface area contributed by atoms with Crippen molar-refractivity contribution in [3.8, 4) is 11.3 Å². The Labute approximate surface area is 162 Å². The van der Waals surface area contributed by atoms with Crippen LogP contribution in [0.3, 0.4) is 0 Å². The number of nitrogens with zero attached hydrogens (tertiary/aromatic N) is 4. The fraction of sp³-hybridized carbons (Fsp3) is 0.150. The second-order valence-electron chi connectivity index (χ2n) is 6.56. The molecule has 4 aromatic rings. The van der Waals surface area contributed by atoms with Gasteiger partial charge in [0, 0.05) is 11.3 Å². The van der Waals surface area contributed by atoms with Crippen LogP contribution in [0.5, 0.6) is 0 Å². The van der Waals surface area contributed by atoms with Gasteiger partial charge in [-0.25, -0.2) is 9.31 Å². The van der Waals surface area contributed by atoms with E-state index in [-0.39, 0.29) is 23.5 Å². The van der Waals surface area contributed by atoms with Gasteiger partial charge in [-0.2, -0.15) is 23.4 Å². The standard InChI is InChI=1S/C20H15F3N4O2/c1-12-9-18(19(28)29)24-26(12)11-14-6-4-5-13-10-17(25-27(13)14)15-7-2-3-8-16(15)20(21,22)23/h2-10H,11H2,1H3,(H,28,29). The molecule has 3 aromatic heterocycles. The largest absolute Gasteiger partial charge is 0.476 e. The molecule has 0 aliphatic rings. The van der Waals surface area contributed by atoms with E-state index < -0.39 is 17.7 Å². The highest BCUT2D eigenvalue weighted by molar-refractivity contribution is 5.85. The molecular weight excluding hydrogens is 385 g/mol. The molecule has 1 aromatic carbocycles. The number of pyridine rings is 1. The number of carboxylic acids is 1. The summed E-state index contributed by atoms with van der Waals surface area (Å²) in [5.74, 6) is -1.13. The second kappa shape index (κ2) is 6.77. The Balaban J connectivity index is 1.79. The van der Waals surface area contributed by atoms with Crippen molar-refractivity contribution in [3.05, 3.63) is 77.2 Å². The highest BCUT2D eigenvalue weighted by Crippen LogP contribution is 2.36. The van der Waals surface area contributed by atoms with Crippen LogP contribution in [0.1, 0.15) is 27.4 Å². The molecule has 29 heavy (non-hydrogen) atoms. The number of hydrogen-bond donors (Lipinski definition) is 1. The lowest BCUT2D eigenvalue weighted by Gasteiger charge is -2.10. The van der Waals surface area contributed by atoms with Crippen molar-refractivity contribution in [2.75, 3.05) is 0 Å². The topological polar surface area (TPSA) is 72.4 Å². The predicted octanol–water partition coefficient (Wildman–Crippen LogP) is 4.27. The lowest BCUT2D eigenvalue weighted by atomic mass is 10.0. The maximum atomic E-state index is 13.4. The number of rotatable bonds is 4. The number of hydrogen-bond acceptors (Lipinski definition) is 3. The van der Waals surface area contributed by atoms with Gasteiger partial charge in [0.1, 0.15) is 0 Å². The quantitative estimate of drug-likeness (QED) is 0.555. The molecule has 0 aliphatic heterocycles. The molecule has 0 saturated heterocycles. The molecular formula is C20H15F3N4O2. The molecule has 0 aliphatic carbocycles. The number of carbonyl (C=O) groups is 1. The van der Waals surface area contributed by atoms with Crippen LogP contribution >= 0.6 is 0 Å². The molecule has 0 saturated carbocycles. The highest BCUT2D eigenvalue weighted by Gasteiger charge is 2.34. The zero-order valence-corrected chi connectivity index (χ0v) is 15.2. The van der Waals surface area contributed by atoms with E-state index >= 15 is 0 Å². The number of carboxylic acid groups (broad SMARTS) is 1. The van der Waals surface area contributed by atoms with Crippen LogP contribution in [0.4, 0.5) is 13.2 Å². The lowest BCUT2D eigenvalue weighted by molar-refractivity contribution is -0.137. The minimum atomic E-state index is -4.49. The van der Waals surface area contributed by atoms with Crippen LogP contribution in [-0.2, 0) is 12.7 Å². The van der Waals surface area contributed by atoms with Gasteiger partial charge in [0.25, 0.3) is 0 Å². The van der Waals surface area contributed by atoms with E-state index in [0.717, 1.165) is 6.07 Å². The molecule has 0 atom stereocenters. The van der Waals surface area contributed by atoms with E-state index in [1.54, 1.807) is 35.7 Å². The third-order valence-electron chi connectivity index (χ3n) is 4.59. The number of benzene rings is 1. The van der Waals surface area contributed by atoms with Gasteiger partial charge in [-0.15, -0.1) is 0 Å². The summed E-state index contributed by atoms with van der Waals surface area (Å²) < 4.78 is 43.2. The van der Waals surface area contributed by atoms with E-state index in [9.17, 15) is 18.0 Å². The van der Waals surface area contributed by atoms with Gasteiger partial charge in [-0.3, -0.25) is 4.68 Å². The molecule has 0 spiro atoms. The summed E-state index contributed by atoms with van der Waals surface area (Å²) in [7, 11) is 0. The Hall–Kier alpha value is -3.62. The van der Waals surface area contributed by atoms with Gasteiger partial charge in [0.15, 0.2) is 5.69 Å². The third kappa shape index (κ3) is 3.46. The number of alkyl halides is 3. The summed E-state index contributed by atoms with van der Waals surface area (Å²) in [5, 5.41) is 17.5. The van der Waals surface area contributed by atoms with E-state index in [4.69, 9.17) is 5.11 Å². The van der Waals surface area contributed by atoms with Crippen molar-refractivity contribution < 1.29 is 23.1 Å². The molecule has 1 N–H and O–H groups in total. The monoisotopic (exact) mass is 400 g/mol. The first kappa shape index (κ1) is 18.7. The Kier molecular flexibility index (Phi) is 4.37. The van der Waals surface area contributed by atoms with Crippen LogP contribution in [0.15, 0.2) is 54.6 Å². The van der Waals surface area contributed by atoms with E-state index in [0.29, 0.717) is 16.9 Å². The minimum Gasteiger partial charge on any atom is -0.476 e. The number of aromatic carboxylic acids is 1. The lowest BCUT2D eigenvalue weighted by Crippen LogP contribution is -2.10. The molecule has 0 amide bonds. The van der Waals surface area contributed by atoms with Gasteiger partial charge in [0.05, 0.1) is 29.0 Å². The Morgan fingerprint density at radius 3 is 2.52 bits per heavy atom. The normalized spacial score (nSPS) is 11.9. The zero-order valence-electron chi connectivity index (χ0n) is 15.2. The van der Waals surface area contributed by atoms with Crippen LogP contribution in [-0.4, -0.2) is 30.5 Å². The minimum absolute atomic E-state index is 0.00177. The molecule has 0 fully saturated rings. The van der Waals surface area contributed by atoms with E-state index in [1.165, 1.54) is 28.9 Å². The van der Waals surface area contributed by atoms with Crippen LogP contribution in [0.25, 0.3) is 16.8 Å². The molecule has 6 nitrogen and oxygen atoms in total. The number of aryl methyl sites for hydroxylation is 1. The van der Waals surface area contributed by atoms with Crippen molar-refractivity contribution in [1.82, 2.24) is 19.4 Å². The first-order valence-electron chi connectivity index (χ1n) is 8.66. The average Bonchev–Trinajstić information content (AvgIpc) is 3.26. The number of fused-ring (bicyclic) bond motifs is 1. The fourth-order valence-electron chi connectivity index (χ4n) is 3.21. The van der Waals surface area contributed by atoms with E-state index in [2.05, 4.69) is 10.2 Å². The van der Waals surface area contributed by atoms with Gasteiger partial charge in [-0.05, 0) is 37.3 Å². The fourth-order valence-corrected chi connectivity index (χ4v) is 3.21. The summed E-state index contributed by atoms with van der Waals surface area (Å²) in [6.07, 6.45) is -4.49. The third-order valence-corrected chi connectivity index (χ3v) is 4.59. The van der Waals surface area contributed by atoms with Gasteiger partial charge in [-0.1, -0.05) is 24.3 Å². The summed E-state index contributed by atoms with van der Waals surface area (Å²) in [5.41, 5.74) is 1.30. The first-order chi connectivity index (χ1) is 13.7. The van der Waals surface area contributed by atoms with Crippen LogP contribution in [0, 0.1) is 6.92 Å². The summed E-state index contributed by atoms with van der Waals surface area (Å²) in [4.78, 5) is 11.1. The Bertz CT molecular complexity index is 1220. The smallest absolute Gasteiger partial charge is 0.417 e. The van der Waals surface area contributed by atoms with Gasteiger partial charge < -0.3 is 5.11 Å². The van der Waals surface area contributed by atoms with Crippen LogP contribution in [0.2, 0.25) is 0 Å². The maximum Gasteiger partial charge on any atom is 0.417 e. The van der Waals surface area contributed by atoms with Crippen molar-refractivity contribution >= 4 is 11.5 Å². The molecule has 9 heteroatoms. The summed E-state index contributed by atoms with van der Waals surface area (Å²) in [6, 6.07) is 13.6. The number of aromatic nitrogens is 4. The highest BCUT2D eigenvalue weighted by atomic mass is 19.4. The van der Waals surface area contributed by atoms with Crippen molar-refractivity contribution in [2.45, 2.75) is 19.6 Å². The SMILES string of the molecule is Cc1cc(C(=O)O)nn1Cc1cccc2cc(-c3ccccc3C(F)(F)F)nn12. The first-order valence-corrected chi connectivity index (χ1v) is 8.66. The van der Waals surface area contributed by atoms with Gasteiger partial charge in [0.2, 0.25) is 0 Å². The van der Waals surface area contributed by atoms with E-state index in [1.807, 2.05) is 0 Å². The Morgan fingerprint density at radius 1 is 1.07 bits per heavy atom. The van der Waals surface area contributed by atoms with Crippen molar-refractivity contribution in [2.24, 2.45) is 0 Å². The van der Waals surface area contributed by atoms with Crippen molar-refractivity contribution in [1.29, 1.82) is 0 Å². The molecule has 0 radical (unpaired) electrons. The molecule has 4 rings (SSSR count). The van der Waals surface area contributed by atoms with Crippen molar-refractivity contribution in [3.63, 3.8) is 0 Å². The number of halogens is 3. The summed E-state index contributed by atoms with van der Waals surface area (Å²) in [6.45, 7) is 1.95. The van der Waals surface area contributed by atoms with Crippen LogP contribution < -0.4 is 0 Å². The average molecular weight is 400 g/mol. The second-order valence-corrected chi connectivity index (χ2v) is 6.56. The zero-order chi connectivity index (χ0) is 20.8. The maximum absolute atomic E-state index is 13.4. The van der Waals surface area contributed by atoms with Gasteiger partial charge >= 0.3 is 12.1 Å². The molecule has 0 bridgehead atoms. The summed E-state index contributed by atoms with van der Waals surface area (Å²) >= 11 is 0. The molecule has 148 valence electrons. The Morgan fingerprint density at radius 2 is 1.83 bits per heavy atom. The molecule has 3 heterocycles.